The van der Waals surface area contributed by atoms with E-state index in [-0.39, 0.29) is 11.5 Å². The molecule has 104 valence electrons. The first-order valence-electron chi connectivity index (χ1n) is 6.41. The molecule has 0 radical (unpaired) electrons. The number of rotatable bonds is 3. The summed E-state index contributed by atoms with van der Waals surface area (Å²) in [4.78, 5) is 15.9. The van der Waals surface area contributed by atoms with Gasteiger partial charge in [0.1, 0.15) is 0 Å². The summed E-state index contributed by atoms with van der Waals surface area (Å²) in [5, 5.41) is 9.37. The van der Waals surface area contributed by atoms with Crippen LogP contribution in [0.1, 0.15) is 41.5 Å². The minimum atomic E-state index is -0.931. The largest absolute Gasteiger partial charge is 0.478 e. The van der Waals surface area contributed by atoms with Crippen LogP contribution in [0.5, 0.6) is 0 Å². The molecule has 0 bridgehead atoms. The van der Waals surface area contributed by atoms with Crippen LogP contribution in [-0.4, -0.2) is 16.1 Å². The van der Waals surface area contributed by atoms with E-state index in [0.29, 0.717) is 5.69 Å². The van der Waals surface area contributed by atoms with Crippen molar-refractivity contribution < 1.29 is 9.90 Å². The van der Waals surface area contributed by atoms with Crippen molar-refractivity contribution in [3.8, 4) is 11.1 Å². The number of carboxylic acid groups (broad SMARTS) is 1. The van der Waals surface area contributed by atoms with Gasteiger partial charge in [-0.25, -0.2) is 4.79 Å². The molecule has 0 aliphatic carbocycles. The molecule has 0 atom stereocenters. The zero-order valence-corrected chi connectivity index (χ0v) is 13.2. The molecule has 0 fully saturated rings. The highest BCUT2D eigenvalue weighted by Gasteiger charge is 2.17. The zero-order chi connectivity index (χ0) is 14.9. The predicted octanol–water partition coefficient (Wildman–Crippen LogP) is 4.64. The molecular weight excluding hydrogens is 318 g/mol. The molecule has 0 amide bonds. The maximum Gasteiger partial charge on any atom is 0.337 e. The third-order valence-electron chi connectivity index (χ3n) is 3.18. The Morgan fingerprint density at radius 3 is 2.35 bits per heavy atom. The van der Waals surface area contributed by atoms with Crippen LogP contribution in [0, 0.1) is 6.92 Å². The number of aryl methyl sites for hydroxylation is 1. The van der Waals surface area contributed by atoms with Gasteiger partial charge < -0.3 is 5.11 Å². The first-order chi connectivity index (χ1) is 9.40. The van der Waals surface area contributed by atoms with Crippen LogP contribution in [0.15, 0.2) is 34.8 Å². The molecular formula is C16H16BrNO2. The van der Waals surface area contributed by atoms with E-state index in [2.05, 4.69) is 20.9 Å². The maximum absolute atomic E-state index is 11.4. The molecule has 0 spiro atoms. The molecule has 1 N–H and O–H groups in total. The molecule has 0 unspecified atom stereocenters. The number of carboxylic acids is 1. The highest BCUT2D eigenvalue weighted by molar-refractivity contribution is 9.10. The van der Waals surface area contributed by atoms with Gasteiger partial charge in [-0.05, 0) is 36.6 Å². The van der Waals surface area contributed by atoms with Gasteiger partial charge in [0.15, 0.2) is 0 Å². The maximum atomic E-state index is 11.4. The SMILES string of the molecule is Cc1nc(C(C)C)c(C(=O)O)cc1-c1ccc(Br)cc1. The Morgan fingerprint density at radius 1 is 1.25 bits per heavy atom. The summed E-state index contributed by atoms with van der Waals surface area (Å²) in [6, 6.07) is 9.50. The molecule has 1 aromatic carbocycles. The molecule has 1 heterocycles. The Morgan fingerprint density at radius 2 is 1.85 bits per heavy atom. The lowest BCUT2D eigenvalue weighted by Gasteiger charge is -2.14. The number of aromatic carboxylic acids is 1. The van der Waals surface area contributed by atoms with Crippen molar-refractivity contribution in [2.75, 3.05) is 0 Å². The Kier molecular flexibility index (Phi) is 4.23. The van der Waals surface area contributed by atoms with E-state index in [0.717, 1.165) is 21.3 Å². The number of pyridine rings is 1. The van der Waals surface area contributed by atoms with Crippen molar-refractivity contribution in [2.24, 2.45) is 0 Å². The molecule has 1 aromatic heterocycles. The van der Waals surface area contributed by atoms with Crippen LogP contribution in [0.2, 0.25) is 0 Å². The van der Waals surface area contributed by atoms with Crippen molar-refractivity contribution in [2.45, 2.75) is 26.7 Å². The standard InChI is InChI=1S/C16H16BrNO2/c1-9(2)15-14(16(19)20)8-13(10(3)18-15)11-4-6-12(17)7-5-11/h4-9H,1-3H3,(H,19,20). The van der Waals surface area contributed by atoms with E-state index < -0.39 is 5.97 Å². The van der Waals surface area contributed by atoms with Gasteiger partial charge in [-0.15, -0.1) is 0 Å². The van der Waals surface area contributed by atoms with Gasteiger partial charge in [-0.2, -0.15) is 0 Å². The Balaban J connectivity index is 2.63. The fraction of sp³-hybridized carbons (Fsp3) is 0.250. The van der Waals surface area contributed by atoms with Crippen molar-refractivity contribution in [1.82, 2.24) is 4.98 Å². The number of halogens is 1. The summed E-state index contributed by atoms with van der Waals surface area (Å²) >= 11 is 3.40. The average Bonchev–Trinajstić information content (AvgIpc) is 2.39. The highest BCUT2D eigenvalue weighted by atomic mass is 79.9. The van der Waals surface area contributed by atoms with E-state index in [1.54, 1.807) is 6.07 Å². The van der Waals surface area contributed by atoms with Crippen LogP contribution in [0.25, 0.3) is 11.1 Å². The quantitative estimate of drug-likeness (QED) is 0.889. The van der Waals surface area contributed by atoms with Gasteiger partial charge in [-0.3, -0.25) is 4.98 Å². The Labute approximate surface area is 126 Å². The van der Waals surface area contributed by atoms with E-state index in [9.17, 15) is 9.90 Å². The lowest BCUT2D eigenvalue weighted by atomic mass is 9.97. The number of nitrogens with zero attached hydrogens (tertiary/aromatic N) is 1. The van der Waals surface area contributed by atoms with Crippen molar-refractivity contribution in [1.29, 1.82) is 0 Å². The van der Waals surface area contributed by atoms with Gasteiger partial charge >= 0.3 is 5.97 Å². The second-order valence-corrected chi connectivity index (χ2v) is 5.94. The van der Waals surface area contributed by atoms with Crippen LogP contribution < -0.4 is 0 Å². The van der Waals surface area contributed by atoms with Gasteiger partial charge in [0, 0.05) is 15.7 Å². The summed E-state index contributed by atoms with van der Waals surface area (Å²) in [6.45, 7) is 5.82. The number of aromatic nitrogens is 1. The van der Waals surface area contributed by atoms with Gasteiger partial charge in [-0.1, -0.05) is 41.9 Å². The van der Waals surface area contributed by atoms with Crippen LogP contribution >= 0.6 is 15.9 Å². The highest BCUT2D eigenvalue weighted by Crippen LogP contribution is 2.28. The minimum absolute atomic E-state index is 0.0822. The van der Waals surface area contributed by atoms with Gasteiger partial charge in [0.25, 0.3) is 0 Å². The molecule has 0 aliphatic rings. The second-order valence-electron chi connectivity index (χ2n) is 5.02. The second kappa shape index (κ2) is 5.75. The molecule has 0 saturated heterocycles. The van der Waals surface area contributed by atoms with E-state index in [1.807, 2.05) is 45.0 Å². The van der Waals surface area contributed by atoms with Crippen molar-refractivity contribution in [3.63, 3.8) is 0 Å². The normalized spacial score (nSPS) is 10.8. The lowest BCUT2D eigenvalue weighted by Crippen LogP contribution is -2.08. The summed E-state index contributed by atoms with van der Waals surface area (Å²) in [5.41, 5.74) is 3.59. The summed E-state index contributed by atoms with van der Waals surface area (Å²) in [6.07, 6.45) is 0. The van der Waals surface area contributed by atoms with Crippen LogP contribution in [0.4, 0.5) is 0 Å². The summed E-state index contributed by atoms with van der Waals surface area (Å²) in [5.74, 6) is -0.849. The van der Waals surface area contributed by atoms with Crippen LogP contribution in [-0.2, 0) is 0 Å². The third kappa shape index (κ3) is 2.90. The molecule has 2 aromatic rings. The molecule has 0 saturated carbocycles. The molecule has 3 nitrogen and oxygen atoms in total. The number of hydrogen-bond donors (Lipinski definition) is 1. The topological polar surface area (TPSA) is 50.2 Å². The van der Waals surface area contributed by atoms with Crippen molar-refractivity contribution >= 4 is 21.9 Å². The number of carbonyl (C=O) groups is 1. The minimum Gasteiger partial charge on any atom is -0.478 e. The molecule has 20 heavy (non-hydrogen) atoms. The van der Waals surface area contributed by atoms with Gasteiger partial charge in [0.2, 0.25) is 0 Å². The summed E-state index contributed by atoms with van der Waals surface area (Å²) < 4.78 is 0.990. The fourth-order valence-corrected chi connectivity index (χ4v) is 2.42. The summed E-state index contributed by atoms with van der Waals surface area (Å²) in [7, 11) is 0. The molecule has 4 heteroatoms. The average molecular weight is 334 g/mol. The van der Waals surface area contributed by atoms with E-state index in [4.69, 9.17) is 0 Å². The monoisotopic (exact) mass is 333 g/mol. The Bertz CT molecular complexity index is 648. The van der Waals surface area contributed by atoms with Crippen LogP contribution in [0.3, 0.4) is 0 Å². The van der Waals surface area contributed by atoms with Gasteiger partial charge in [0.05, 0.1) is 11.3 Å². The zero-order valence-electron chi connectivity index (χ0n) is 11.6. The van der Waals surface area contributed by atoms with E-state index >= 15 is 0 Å². The Hall–Kier alpha value is -1.68. The fourth-order valence-electron chi connectivity index (χ4n) is 2.16. The van der Waals surface area contributed by atoms with E-state index in [1.165, 1.54) is 0 Å². The first-order valence-corrected chi connectivity index (χ1v) is 7.20. The predicted molar refractivity (Wildman–Crippen MR) is 83.2 cm³/mol. The first kappa shape index (κ1) is 14.7. The molecule has 0 aliphatic heterocycles. The number of hydrogen-bond acceptors (Lipinski definition) is 2. The number of benzene rings is 1. The molecule has 2 rings (SSSR count). The third-order valence-corrected chi connectivity index (χ3v) is 3.70. The smallest absolute Gasteiger partial charge is 0.337 e. The lowest BCUT2D eigenvalue weighted by molar-refractivity contribution is 0.0694. The van der Waals surface area contributed by atoms with Crippen molar-refractivity contribution in [3.05, 3.63) is 51.8 Å².